The van der Waals surface area contributed by atoms with Gasteiger partial charge in [0.1, 0.15) is 5.82 Å². The second kappa shape index (κ2) is 7.92. The van der Waals surface area contributed by atoms with Crippen LogP contribution in [0, 0.1) is 5.92 Å². The smallest absolute Gasteiger partial charge is 0.191 e. The molecule has 1 saturated heterocycles. The minimum atomic E-state index is -2.89. The summed E-state index contributed by atoms with van der Waals surface area (Å²) in [7, 11) is -1.02. The average molecular weight is 394 g/mol. The van der Waals surface area contributed by atoms with Crippen LogP contribution >= 0.6 is 11.8 Å². The van der Waals surface area contributed by atoms with Gasteiger partial charge in [0, 0.05) is 19.0 Å². The van der Waals surface area contributed by atoms with Crippen molar-refractivity contribution in [1.82, 2.24) is 14.8 Å². The number of hydrogen-bond donors (Lipinski definition) is 0. The number of carbonyl (C=O) groups is 1. The van der Waals surface area contributed by atoms with Gasteiger partial charge in [-0.1, -0.05) is 43.0 Å². The number of ketones is 1. The summed E-state index contributed by atoms with van der Waals surface area (Å²) in [5.74, 6) is 1.74. The summed E-state index contributed by atoms with van der Waals surface area (Å²) in [6.07, 6.45) is 2.24. The average Bonchev–Trinajstić information content (AvgIpc) is 3.15. The van der Waals surface area contributed by atoms with Gasteiger partial charge in [-0.15, -0.1) is 10.2 Å². The van der Waals surface area contributed by atoms with E-state index in [1.54, 1.807) is 0 Å². The predicted octanol–water partition coefficient (Wildman–Crippen LogP) is 2.33. The zero-order valence-corrected chi connectivity index (χ0v) is 16.6. The molecule has 3 rings (SSSR count). The molecule has 0 amide bonds. The van der Waals surface area contributed by atoms with E-state index >= 15 is 0 Å². The number of rotatable bonds is 7. The fourth-order valence-corrected chi connectivity index (χ4v) is 5.77. The van der Waals surface area contributed by atoms with Gasteiger partial charge in [0.05, 0.1) is 17.3 Å². The van der Waals surface area contributed by atoms with Gasteiger partial charge in [0.15, 0.2) is 20.8 Å². The number of aryl methyl sites for hydroxylation is 1. The molecule has 2 heterocycles. The summed E-state index contributed by atoms with van der Waals surface area (Å²) < 4.78 is 25.0. The summed E-state index contributed by atoms with van der Waals surface area (Å²) in [6.45, 7) is 2.08. The second-order valence-electron chi connectivity index (χ2n) is 6.69. The number of sulfone groups is 1. The van der Waals surface area contributed by atoms with Gasteiger partial charge in [-0.25, -0.2) is 8.42 Å². The molecular weight excluding hydrogens is 370 g/mol. The van der Waals surface area contributed by atoms with Crippen LogP contribution in [-0.2, 0) is 29.7 Å². The Morgan fingerprint density at radius 3 is 2.62 bits per heavy atom. The Kier molecular flexibility index (Phi) is 5.82. The van der Waals surface area contributed by atoms with Crippen molar-refractivity contribution in [3.8, 4) is 0 Å². The monoisotopic (exact) mass is 393 g/mol. The Bertz CT molecular complexity index is 889. The second-order valence-corrected chi connectivity index (χ2v) is 9.86. The molecular formula is C18H23N3O3S2. The lowest BCUT2D eigenvalue weighted by molar-refractivity contribution is 0.102. The van der Waals surface area contributed by atoms with E-state index in [9.17, 15) is 13.2 Å². The number of benzene rings is 1. The van der Waals surface area contributed by atoms with E-state index in [1.807, 2.05) is 35.9 Å². The zero-order chi connectivity index (χ0) is 18.7. The van der Waals surface area contributed by atoms with Crippen molar-refractivity contribution < 1.29 is 13.2 Å². The third-order valence-electron chi connectivity index (χ3n) is 4.74. The number of Topliss-reactive ketones (excluding diaryl/α,β-unsaturated/α-hetero) is 1. The topological polar surface area (TPSA) is 81.9 Å². The Labute approximate surface area is 158 Å². The first-order chi connectivity index (χ1) is 12.4. The molecule has 0 aliphatic carbocycles. The van der Waals surface area contributed by atoms with Crippen LogP contribution in [0.25, 0.3) is 0 Å². The van der Waals surface area contributed by atoms with Crippen molar-refractivity contribution in [3.05, 3.63) is 41.2 Å². The molecule has 0 radical (unpaired) electrons. The maximum atomic E-state index is 12.3. The van der Waals surface area contributed by atoms with Gasteiger partial charge >= 0.3 is 0 Å². The molecule has 1 atom stereocenters. The molecule has 26 heavy (non-hydrogen) atoms. The van der Waals surface area contributed by atoms with Crippen molar-refractivity contribution in [2.24, 2.45) is 13.0 Å². The van der Waals surface area contributed by atoms with Crippen molar-refractivity contribution in [2.45, 2.75) is 31.3 Å². The van der Waals surface area contributed by atoms with Crippen molar-refractivity contribution in [2.75, 3.05) is 17.3 Å². The molecule has 8 heteroatoms. The molecule has 0 saturated carbocycles. The van der Waals surface area contributed by atoms with Gasteiger partial charge in [0.25, 0.3) is 0 Å². The molecule has 140 valence electrons. The SMILES string of the molecule is CCc1ccc(C(=O)CSc2nnc(C[C@@H]3CCS(=O)(=O)C3)n2C)cc1. The van der Waals surface area contributed by atoms with Crippen molar-refractivity contribution >= 4 is 27.4 Å². The predicted molar refractivity (Wildman–Crippen MR) is 102 cm³/mol. The van der Waals surface area contributed by atoms with E-state index in [0.717, 1.165) is 12.2 Å². The van der Waals surface area contributed by atoms with Crippen LogP contribution in [0.5, 0.6) is 0 Å². The first kappa shape index (κ1) is 19.1. The van der Waals surface area contributed by atoms with Crippen LogP contribution in [0.2, 0.25) is 0 Å². The van der Waals surface area contributed by atoms with E-state index in [2.05, 4.69) is 17.1 Å². The van der Waals surface area contributed by atoms with E-state index in [1.165, 1.54) is 17.3 Å². The molecule has 1 aromatic carbocycles. The summed E-state index contributed by atoms with van der Waals surface area (Å²) in [5.41, 5.74) is 1.91. The Morgan fingerprint density at radius 1 is 1.27 bits per heavy atom. The molecule has 2 aromatic rings. The largest absolute Gasteiger partial charge is 0.309 e. The van der Waals surface area contributed by atoms with Crippen molar-refractivity contribution in [3.63, 3.8) is 0 Å². The van der Waals surface area contributed by atoms with Crippen LogP contribution in [0.15, 0.2) is 29.4 Å². The fraction of sp³-hybridized carbons (Fsp3) is 0.500. The number of carbonyl (C=O) groups excluding carboxylic acids is 1. The number of hydrogen-bond acceptors (Lipinski definition) is 6. The minimum absolute atomic E-state index is 0.0593. The van der Waals surface area contributed by atoms with Crippen LogP contribution in [0.4, 0.5) is 0 Å². The third kappa shape index (κ3) is 4.54. The number of thioether (sulfide) groups is 1. The number of aromatic nitrogens is 3. The molecule has 1 aliphatic rings. The fourth-order valence-electron chi connectivity index (χ4n) is 3.08. The lowest BCUT2D eigenvalue weighted by atomic mass is 10.1. The highest BCUT2D eigenvalue weighted by Gasteiger charge is 2.29. The minimum Gasteiger partial charge on any atom is -0.309 e. The number of nitrogens with zero attached hydrogens (tertiary/aromatic N) is 3. The highest BCUT2D eigenvalue weighted by atomic mass is 32.2. The molecule has 0 N–H and O–H groups in total. The molecule has 1 fully saturated rings. The van der Waals surface area contributed by atoms with E-state index in [0.29, 0.717) is 29.3 Å². The Morgan fingerprint density at radius 2 is 2.00 bits per heavy atom. The summed E-state index contributed by atoms with van der Waals surface area (Å²) in [4.78, 5) is 12.3. The Hall–Kier alpha value is -1.67. The zero-order valence-electron chi connectivity index (χ0n) is 15.0. The molecule has 0 bridgehead atoms. The van der Waals surface area contributed by atoms with Crippen LogP contribution in [-0.4, -0.2) is 46.2 Å². The van der Waals surface area contributed by atoms with Crippen LogP contribution < -0.4 is 0 Å². The molecule has 1 aromatic heterocycles. The molecule has 6 nitrogen and oxygen atoms in total. The molecule has 0 spiro atoms. The van der Waals surface area contributed by atoms with Crippen molar-refractivity contribution in [1.29, 1.82) is 0 Å². The van der Waals surface area contributed by atoms with E-state index in [-0.39, 0.29) is 23.2 Å². The first-order valence-corrected chi connectivity index (χ1v) is 11.5. The molecule has 1 aliphatic heterocycles. The van der Waals surface area contributed by atoms with Crippen LogP contribution in [0.1, 0.15) is 35.1 Å². The summed E-state index contributed by atoms with van der Waals surface area (Å²) in [6, 6.07) is 7.69. The molecule has 0 unspecified atom stereocenters. The highest BCUT2D eigenvalue weighted by molar-refractivity contribution is 7.99. The van der Waals surface area contributed by atoms with E-state index < -0.39 is 9.84 Å². The third-order valence-corrected chi connectivity index (χ3v) is 7.60. The highest BCUT2D eigenvalue weighted by Crippen LogP contribution is 2.24. The van der Waals surface area contributed by atoms with Gasteiger partial charge in [-0.05, 0) is 24.3 Å². The Balaban J connectivity index is 1.58. The lowest BCUT2D eigenvalue weighted by Gasteiger charge is -2.07. The summed E-state index contributed by atoms with van der Waals surface area (Å²) in [5, 5.41) is 9.03. The maximum Gasteiger partial charge on any atom is 0.191 e. The lowest BCUT2D eigenvalue weighted by Crippen LogP contribution is -2.11. The van der Waals surface area contributed by atoms with E-state index in [4.69, 9.17) is 0 Å². The van der Waals surface area contributed by atoms with Gasteiger partial charge in [-0.2, -0.15) is 0 Å². The normalized spacial score (nSPS) is 18.9. The first-order valence-electron chi connectivity index (χ1n) is 8.71. The van der Waals surface area contributed by atoms with Gasteiger partial charge < -0.3 is 4.57 Å². The van der Waals surface area contributed by atoms with Gasteiger partial charge in [-0.3, -0.25) is 4.79 Å². The van der Waals surface area contributed by atoms with Gasteiger partial charge in [0.2, 0.25) is 0 Å². The standard InChI is InChI=1S/C18H23N3O3S2/c1-3-13-4-6-15(7-5-13)16(22)11-25-18-20-19-17(21(18)2)10-14-8-9-26(23,24)12-14/h4-7,14H,3,8-12H2,1-2H3/t14-/m0/s1. The maximum absolute atomic E-state index is 12.3. The summed E-state index contributed by atoms with van der Waals surface area (Å²) >= 11 is 1.36. The van der Waals surface area contributed by atoms with Crippen LogP contribution in [0.3, 0.4) is 0 Å². The quantitative estimate of drug-likeness (QED) is 0.530.